The van der Waals surface area contributed by atoms with E-state index in [4.69, 9.17) is 56.8 Å². The molecule has 0 bridgehead atoms. The molecule has 12 rings (SSSR count). The molecule has 6 aliphatic rings. The lowest BCUT2D eigenvalue weighted by molar-refractivity contribution is 0.170. The molecule has 0 saturated carbocycles. The molecular weight excluding hydrogens is 865 g/mol. The van der Waals surface area contributed by atoms with Crippen molar-refractivity contribution in [3.8, 4) is 118 Å². The Bertz CT molecular complexity index is 2610. The minimum Gasteiger partial charge on any atom is -0.485 e. The van der Waals surface area contributed by atoms with E-state index in [0.29, 0.717) is 125 Å². The minimum atomic E-state index is -0.140. The fourth-order valence-corrected chi connectivity index (χ4v) is 15.2. The van der Waals surface area contributed by atoms with Crippen molar-refractivity contribution in [1.82, 2.24) is 0 Å². The maximum absolute atomic E-state index is 6.49. The predicted molar refractivity (Wildman–Crippen MR) is 226 cm³/mol. The van der Waals surface area contributed by atoms with Crippen molar-refractivity contribution < 1.29 is 56.8 Å². The van der Waals surface area contributed by atoms with Crippen LogP contribution in [0.1, 0.15) is 25.6 Å². The van der Waals surface area contributed by atoms with Crippen LogP contribution in [0.5, 0.6) is 69.0 Å². The van der Waals surface area contributed by atoms with E-state index >= 15 is 0 Å². The first-order chi connectivity index (χ1) is 28.4. The average Bonchev–Trinajstić information content (AvgIpc) is 4.11. The summed E-state index contributed by atoms with van der Waals surface area (Å²) < 4.78 is 76.0. The van der Waals surface area contributed by atoms with Gasteiger partial charge in [0.25, 0.3) is 0 Å². The van der Waals surface area contributed by atoms with Gasteiger partial charge >= 0.3 is 0 Å². The topological polar surface area (TPSA) is 111 Å². The normalized spacial score (nSPS) is 17.4. The summed E-state index contributed by atoms with van der Waals surface area (Å²) in [5.74, 6) is 8.59. The van der Waals surface area contributed by atoms with Gasteiger partial charge < -0.3 is 56.8 Å². The maximum atomic E-state index is 6.49. The largest absolute Gasteiger partial charge is 0.485 e. The summed E-state index contributed by atoms with van der Waals surface area (Å²) >= 11 is 9.68. The molecule has 12 heterocycles. The van der Waals surface area contributed by atoms with E-state index < -0.39 is 0 Å². The Kier molecular flexibility index (Phi) is 8.42. The Morgan fingerprint density at radius 2 is 0.569 bits per heavy atom. The third-order valence-corrected chi connectivity index (χ3v) is 18.0. The molecule has 0 N–H and O–H groups in total. The van der Waals surface area contributed by atoms with Gasteiger partial charge in [0.2, 0.25) is 0 Å². The van der Waals surface area contributed by atoms with Gasteiger partial charge in [0.15, 0.2) is 69.0 Å². The zero-order chi connectivity index (χ0) is 38.7. The summed E-state index contributed by atoms with van der Waals surface area (Å²) in [5.41, 5.74) is -0.140. The predicted octanol–water partition coefficient (Wildman–Crippen LogP) is 10.3. The van der Waals surface area contributed by atoms with Crippen LogP contribution in [0, 0.1) is 0 Å². The number of hydrogen-bond acceptors (Lipinski definition) is 18. The molecule has 0 aromatic carbocycles. The van der Waals surface area contributed by atoms with E-state index in [9.17, 15) is 0 Å². The van der Waals surface area contributed by atoms with Gasteiger partial charge in [0, 0.05) is 10.8 Å². The van der Waals surface area contributed by atoms with Crippen LogP contribution in [0.4, 0.5) is 0 Å². The van der Waals surface area contributed by atoms with Crippen molar-refractivity contribution in [3.05, 3.63) is 10.3 Å². The molecule has 0 radical (unpaired) electrons. The first-order valence-corrected chi connectivity index (χ1v) is 23.9. The first kappa shape index (κ1) is 35.7. The van der Waals surface area contributed by atoms with Crippen LogP contribution in [-0.4, -0.2) is 79.3 Å². The molecule has 6 aromatic heterocycles. The minimum absolute atomic E-state index is 0.140. The Labute approximate surface area is 356 Å². The average molecular weight is 899 g/mol. The molecule has 18 heteroatoms. The summed E-state index contributed by atoms with van der Waals surface area (Å²) in [7, 11) is 0. The molecule has 0 spiro atoms. The highest BCUT2D eigenvalue weighted by Gasteiger charge is 2.41. The second kappa shape index (κ2) is 13.7. The van der Waals surface area contributed by atoms with Crippen molar-refractivity contribution >= 4 is 68.0 Å². The maximum Gasteiger partial charge on any atom is 0.181 e. The summed E-state index contributed by atoms with van der Waals surface area (Å²) in [6, 6.07) is 0. The van der Waals surface area contributed by atoms with Gasteiger partial charge in [0.1, 0.15) is 79.3 Å². The quantitative estimate of drug-likeness (QED) is 0.164. The summed E-state index contributed by atoms with van der Waals surface area (Å²) in [6.07, 6.45) is 0. The van der Waals surface area contributed by atoms with E-state index in [1.807, 2.05) is 5.38 Å². The first-order valence-electron chi connectivity index (χ1n) is 18.9. The van der Waals surface area contributed by atoms with E-state index in [1.165, 1.54) is 0 Å². The molecule has 0 saturated heterocycles. The summed E-state index contributed by atoms with van der Waals surface area (Å²) in [5, 5.41) is 1.99. The molecule has 12 nitrogen and oxygen atoms in total. The second-order valence-electron chi connectivity index (χ2n) is 14.8. The highest BCUT2D eigenvalue weighted by atomic mass is 32.1. The Balaban J connectivity index is 1.02. The smallest absolute Gasteiger partial charge is 0.181 e. The van der Waals surface area contributed by atoms with Gasteiger partial charge in [-0.1, -0.05) is 20.8 Å². The van der Waals surface area contributed by atoms with Gasteiger partial charge in [-0.3, -0.25) is 0 Å². The summed E-state index contributed by atoms with van der Waals surface area (Å²) in [4.78, 5) is 10.4. The van der Waals surface area contributed by atoms with Gasteiger partial charge in [-0.25, -0.2) is 0 Å². The molecule has 0 unspecified atom stereocenters. The molecule has 0 aliphatic carbocycles. The van der Waals surface area contributed by atoms with Crippen LogP contribution in [0.3, 0.4) is 0 Å². The van der Waals surface area contributed by atoms with E-state index in [1.54, 1.807) is 68.0 Å². The fourth-order valence-electron chi connectivity index (χ4n) is 7.61. The molecule has 0 amide bonds. The summed E-state index contributed by atoms with van der Waals surface area (Å²) in [6.45, 7) is 12.1. The second-order valence-corrected chi connectivity index (χ2v) is 20.8. The van der Waals surface area contributed by atoms with Crippen LogP contribution >= 0.6 is 68.0 Å². The third-order valence-electron chi connectivity index (χ3n) is 10.0. The van der Waals surface area contributed by atoms with Gasteiger partial charge in [-0.15, -0.1) is 68.0 Å². The molecule has 58 heavy (non-hydrogen) atoms. The number of fused-ring (bicyclic) bond motifs is 6. The molecule has 0 fully saturated rings. The molecule has 6 aliphatic heterocycles. The zero-order valence-electron chi connectivity index (χ0n) is 31.4. The van der Waals surface area contributed by atoms with Crippen molar-refractivity contribution in [2.75, 3.05) is 79.3 Å². The van der Waals surface area contributed by atoms with Crippen molar-refractivity contribution in [1.29, 1.82) is 0 Å². The fraction of sp³-hybridized carbons (Fsp3) is 0.400. The van der Waals surface area contributed by atoms with Crippen LogP contribution in [0.25, 0.3) is 48.8 Å². The zero-order valence-corrected chi connectivity index (χ0v) is 36.3. The van der Waals surface area contributed by atoms with Crippen molar-refractivity contribution in [2.45, 2.75) is 26.2 Å². The van der Waals surface area contributed by atoms with Crippen LogP contribution in [-0.2, 0) is 5.41 Å². The van der Waals surface area contributed by atoms with E-state index in [0.717, 1.165) is 76.6 Å². The number of ether oxygens (including phenoxy) is 12. The van der Waals surface area contributed by atoms with Crippen LogP contribution in [0.2, 0.25) is 0 Å². The lowest BCUT2D eigenvalue weighted by Gasteiger charge is -2.22. The van der Waals surface area contributed by atoms with Crippen LogP contribution in [0.15, 0.2) is 5.38 Å². The highest BCUT2D eigenvalue weighted by molar-refractivity contribution is 7.31. The third kappa shape index (κ3) is 5.44. The van der Waals surface area contributed by atoms with Gasteiger partial charge in [-0.2, -0.15) is 0 Å². The molecular formula is C40H34O12S6. The Morgan fingerprint density at radius 3 is 0.914 bits per heavy atom. The SMILES string of the molecule is CC(C)(C)c1sc(-c2sc(-c3sc(-c4sc(-c5sc(-c6scc7c6OCCO7)c6c5OCCO6)c5c4OCCO5)c4c3OCCO4)c3c2OCCO3)c2c1OCCO2. The molecule has 0 atom stereocenters. The highest BCUT2D eigenvalue weighted by Crippen LogP contribution is 2.68. The van der Waals surface area contributed by atoms with Gasteiger partial charge in [-0.05, 0) is 0 Å². The van der Waals surface area contributed by atoms with Crippen molar-refractivity contribution in [3.63, 3.8) is 0 Å². The monoisotopic (exact) mass is 898 g/mol. The number of thiophene rings is 6. The van der Waals surface area contributed by atoms with Gasteiger partial charge in [0.05, 0.1) is 53.6 Å². The van der Waals surface area contributed by atoms with E-state index in [-0.39, 0.29) is 5.41 Å². The molecule has 6 aromatic rings. The number of rotatable bonds is 5. The van der Waals surface area contributed by atoms with E-state index in [2.05, 4.69) is 20.8 Å². The standard InChI is InChI=1S/C40H34O12S6/c1-40(2,3)39-28-27(51-14-15-52-28)38(58-39)37-26-25(49-12-13-50-26)36(57-37)35-24-23(47-10-11-48-24)34(56-35)33-22-21(45-8-9-46-22)32(55-33)31-20-19(43-6-7-44-20)30(54-31)29-18-17(16-53-29)41-4-5-42-18/h16H,4-15H2,1-3H3. The van der Waals surface area contributed by atoms with Crippen LogP contribution < -0.4 is 56.8 Å². The Morgan fingerprint density at radius 1 is 0.310 bits per heavy atom. The number of hydrogen-bond donors (Lipinski definition) is 0. The lowest BCUT2D eigenvalue weighted by atomic mass is 9.94. The molecule has 302 valence electrons. The lowest BCUT2D eigenvalue weighted by Crippen LogP contribution is -2.18. The van der Waals surface area contributed by atoms with Crippen molar-refractivity contribution in [2.24, 2.45) is 0 Å². The Hall–Kier alpha value is -4.20.